The number of rotatable bonds is 8. The minimum atomic E-state index is -3.04. The zero-order valence-electron chi connectivity index (χ0n) is 18.1. The summed E-state index contributed by atoms with van der Waals surface area (Å²) < 4.78 is 41.3. The number of benzene rings is 1. The summed E-state index contributed by atoms with van der Waals surface area (Å²) in [6.07, 6.45) is -0.362. The minimum Gasteiger partial charge on any atom is -0.497 e. The number of nitrogens with zero attached hydrogens (tertiary/aromatic N) is 1. The molecule has 0 amide bonds. The van der Waals surface area contributed by atoms with Crippen molar-refractivity contribution in [2.24, 2.45) is 0 Å². The quantitative estimate of drug-likeness (QED) is 0.451. The molecule has 1 saturated heterocycles. The van der Waals surface area contributed by atoms with Crippen molar-refractivity contribution < 1.29 is 32.2 Å². The van der Waals surface area contributed by atoms with Crippen LogP contribution < -0.4 is 9.47 Å². The van der Waals surface area contributed by atoms with Gasteiger partial charge in [-0.2, -0.15) is 0 Å². The molecule has 31 heavy (non-hydrogen) atoms. The number of hydrogen-bond acceptors (Lipinski definition) is 7. The summed E-state index contributed by atoms with van der Waals surface area (Å²) in [4.78, 5) is 24.9. The normalized spacial score (nSPS) is 18.4. The number of Topliss-reactive ketones (excluding diaryl/α,β-unsaturated/α-hetero) is 1. The molecule has 1 aromatic heterocycles. The number of carbonyl (C=O) groups is 2. The topological polar surface area (TPSA) is 101 Å². The molecule has 3 rings (SSSR count). The fraction of sp³-hybridized carbons (Fsp3) is 0.455. The Balaban J connectivity index is 1.60. The molecular formula is C22H27NO7S. The van der Waals surface area contributed by atoms with E-state index in [1.807, 2.05) is 11.5 Å². The molecule has 1 aliphatic rings. The summed E-state index contributed by atoms with van der Waals surface area (Å²) in [5, 5.41) is 0. The molecule has 2 atom stereocenters. The van der Waals surface area contributed by atoms with Crippen molar-refractivity contribution in [1.29, 1.82) is 0 Å². The Morgan fingerprint density at radius 1 is 1.16 bits per heavy atom. The lowest BCUT2D eigenvalue weighted by Gasteiger charge is -2.16. The van der Waals surface area contributed by atoms with E-state index in [2.05, 4.69) is 0 Å². The average molecular weight is 450 g/mol. The maximum atomic E-state index is 12.7. The number of aromatic nitrogens is 1. The van der Waals surface area contributed by atoms with Gasteiger partial charge in [0, 0.05) is 23.0 Å². The van der Waals surface area contributed by atoms with Gasteiger partial charge >= 0.3 is 5.97 Å². The SMILES string of the molecule is COc1ccc(OC(C)C(=O)OCC(=O)c2cc(C)n(C3CCS(=O)(=O)C3)c2C)cc1. The second-order valence-electron chi connectivity index (χ2n) is 7.68. The Morgan fingerprint density at radius 2 is 1.81 bits per heavy atom. The Morgan fingerprint density at radius 3 is 2.39 bits per heavy atom. The minimum absolute atomic E-state index is 0.0756. The number of carbonyl (C=O) groups excluding carboxylic acids is 2. The lowest BCUT2D eigenvalue weighted by molar-refractivity contribution is -0.149. The number of aryl methyl sites for hydroxylation is 1. The molecule has 2 heterocycles. The number of methoxy groups -OCH3 is 1. The predicted octanol–water partition coefficient (Wildman–Crippen LogP) is 2.67. The molecule has 0 N–H and O–H groups in total. The highest BCUT2D eigenvalue weighted by molar-refractivity contribution is 7.91. The van der Waals surface area contributed by atoms with Gasteiger partial charge in [-0.15, -0.1) is 0 Å². The first-order valence-electron chi connectivity index (χ1n) is 10.0. The van der Waals surface area contributed by atoms with Crippen LogP contribution in [0.15, 0.2) is 30.3 Å². The van der Waals surface area contributed by atoms with Crippen molar-refractivity contribution in [3.8, 4) is 11.5 Å². The highest BCUT2D eigenvalue weighted by Crippen LogP contribution is 2.29. The van der Waals surface area contributed by atoms with Crippen molar-refractivity contribution in [1.82, 2.24) is 4.57 Å². The zero-order valence-corrected chi connectivity index (χ0v) is 18.9. The Kier molecular flexibility index (Phi) is 6.74. The summed E-state index contributed by atoms with van der Waals surface area (Å²) in [7, 11) is -1.49. The van der Waals surface area contributed by atoms with E-state index in [-0.39, 0.29) is 23.3 Å². The van der Waals surface area contributed by atoms with Gasteiger partial charge in [0.05, 0.1) is 18.6 Å². The summed E-state index contributed by atoms with van der Waals surface area (Å²) >= 11 is 0. The van der Waals surface area contributed by atoms with Gasteiger partial charge in [0.2, 0.25) is 5.78 Å². The van der Waals surface area contributed by atoms with Crippen LogP contribution in [0.4, 0.5) is 0 Å². The van der Waals surface area contributed by atoms with Gasteiger partial charge in [0.15, 0.2) is 22.5 Å². The molecule has 1 aromatic carbocycles. The first-order chi connectivity index (χ1) is 14.6. The van der Waals surface area contributed by atoms with Crippen molar-refractivity contribution in [2.45, 2.75) is 39.3 Å². The van der Waals surface area contributed by atoms with E-state index < -0.39 is 28.5 Å². The number of esters is 1. The molecule has 168 valence electrons. The third-order valence-electron chi connectivity index (χ3n) is 5.41. The van der Waals surface area contributed by atoms with Crippen molar-refractivity contribution in [2.75, 3.05) is 25.2 Å². The Bertz CT molecular complexity index is 1070. The third kappa shape index (κ3) is 5.28. The molecule has 2 unspecified atom stereocenters. The first-order valence-corrected chi connectivity index (χ1v) is 11.8. The molecule has 2 aromatic rings. The van der Waals surface area contributed by atoms with Crippen LogP contribution in [0.1, 0.15) is 41.1 Å². The Hall–Kier alpha value is -2.81. The highest BCUT2D eigenvalue weighted by atomic mass is 32.2. The number of hydrogen-bond donors (Lipinski definition) is 0. The molecule has 8 nitrogen and oxygen atoms in total. The van der Waals surface area contributed by atoms with E-state index in [0.29, 0.717) is 29.2 Å². The number of ether oxygens (including phenoxy) is 3. The van der Waals surface area contributed by atoms with Crippen LogP contribution in [0.3, 0.4) is 0 Å². The molecule has 0 radical (unpaired) electrons. The van der Waals surface area contributed by atoms with Gasteiger partial charge in [0.1, 0.15) is 11.5 Å². The van der Waals surface area contributed by atoms with Gasteiger partial charge in [-0.3, -0.25) is 4.79 Å². The monoisotopic (exact) mass is 449 g/mol. The van der Waals surface area contributed by atoms with E-state index in [1.54, 1.807) is 51.3 Å². The van der Waals surface area contributed by atoms with Gasteiger partial charge in [0.25, 0.3) is 0 Å². The van der Waals surface area contributed by atoms with E-state index in [4.69, 9.17) is 14.2 Å². The molecule has 9 heteroatoms. The van der Waals surface area contributed by atoms with Crippen LogP contribution in [0, 0.1) is 13.8 Å². The van der Waals surface area contributed by atoms with Crippen LogP contribution in [0.25, 0.3) is 0 Å². The standard InChI is InChI=1S/C22H27NO7S/c1-14-11-20(15(2)23(14)17-9-10-31(26,27)13-17)21(24)12-29-22(25)16(3)30-19-7-5-18(28-4)6-8-19/h5-8,11,16-17H,9-10,12-13H2,1-4H3. The predicted molar refractivity (Wildman–Crippen MR) is 115 cm³/mol. The van der Waals surface area contributed by atoms with Gasteiger partial charge in [-0.25, -0.2) is 13.2 Å². The maximum Gasteiger partial charge on any atom is 0.347 e. The van der Waals surface area contributed by atoms with E-state index >= 15 is 0 Å². The molecule has 0 spiro atoms. The number of sulfone groups is 1. The van der Waals surface area contributed by atoms with Gasteiger partial charge in [-0.05, 0) is 57.5 Å². The first kappa shape index (κ1) is 22.9. The second-order valence-corrected chi connectivity index (χ2v) is 9.91. The van der Waals surface area contributed by atoms with Crippen LogP contribution in [-0.2, 0) is 19.4 Å². The summed E-state index contributed by atoms with van der Waals surface area (Å²) in [5.41, 5.74) is 1.92. The van der Waals surface area contributed by atoms with Crippen molar-refractivity contribution >= 4 is 21.6 Å². The largest absolute Gasteiger partial charge is 0.497 e. The van der Waals surface area contributed by atoms with Gasteiger partial charge in [-0.1, -0.05) is 0 Å². The Labute approximate surface area is 182 Å². The van der Waals surface area contributed by atoms with Crippen LogP contribution in [0.5, 0.6) is 11.5 Å². The molecular weight excluding hydrogens is 422 g/mol. The molecule has 0 bridgehead atoms. The lowest BCUT2D eigenvalue weighted by atomic mass is 10.1. The van der Waals surface area contributed by atoms with Crippen LogP contribution in [-0.4, -0.2) is 56.1 Å². The average Bonchev–Trinajstić information content (AvgIpc) is 3.23. The second kappa shape index (κ2) is 9.13. The third-order valence-corrected chi connectivity index (χ3v) is 7.16. The fourth-order valence-electron chi connectivity index (χ4n) is 3.84. The van der Waals surface area contributed by atoms with Gasteiger partial charge < -0.3 is 18.8 Å². The highest BCUT2D eigenvalue weighted by Gasteiger charge is 2.32. The van der Waals surface area contributed by atoms with E-state index in [1.165, 1.54) is 0 Å². The molecule has 1 fully saturated rings. The maximum absolute atomic E-state index is 12.7. The smallest absolute Gasteiger partial charge is 0.347 e. The van der Waals surface area contributed by atoms with E-state index in [0.717, 1.165) is 5.69 Å². The summed E-state index contributed by atoms with van der Waals surface area (Å²) in [5.74, 6) is 0.381. The fourth-order valence-corrected chi connectivity index (χ4v) is 5.54. The van der Waals surface area contributed by atoms with Crippen LogP contribution >= 0.6 is 0 Å². The molecule has 0 saturated carbocycles. The summed E-state index contributed by atoms with van der Waals surface area (Å²) in [6.45, 7) is 4.75. The van der Waals surface area contributed by atoms with Crippen molar-refractivity contribution in [3.05, 3.63) is 47.3 Å². The number of ketones is 1. The molecule has 0 aliphatic carbocycles. The summed E-state index contributed by atoms with van der Waals surface area (Å²) in [6, 6.07) is 8.31. The molecule has 1 aliphatic heterocycles. The van der Waals surface area contributed by atoms with Crippen molar-refractivity contribution in [3.63, 3.8) is 0 Å². The lowest BCUT2D eigenvalue weighted by Crippen LogP contribution is -2.28. The zero-order chi connectivity index (χ0) is 22.8. The van der Waals surface area contributed by atoms with Crippen LogP contribution in [0.2, 0.25) is 0 Å². The van der Waals surface area contributed by atoms with E-state index in [9.17, 15) is 18.0 Å².